The van der Waals surface area contributed by atoms with Crippen molar-refractivity contribution in [2.24, 2.45) is 0 Å². The first-order chi connectivity index (χ1) is 12.1. The third-order valence-electron chi connectivity index (χ3n) is 4.00. The number of para-hydroxylation sites is 2. The maximum atomic E-state index is 12.5. The maximum absolute atomic E-state index is 12.5. The van der Waals surface area contributed by atoms with Crippen LogP contribution in [0.1, 0.15) is 18.4 Å². The number of amides is 2. The van der Waals surface area contributed by atoms with Crippen LogP contribution in [-0.4, -0.2) is 25.0 Å². The molecular formula is C19H19ClN2O3. The van der Waals surface area contributed by atoms with E-state index in [4.69, 9.17) is 16.3 Å². The van der Waals surface area contributed by atoms with Gasteiger partial charge in [-0.3, -0.25) is 9.59 Å². The highest BCUT2D eigenvalue weighted by Gasteiger charge is 2.23. The second kappa shape index (κ2) is 8.03. The monoisotopic (exact) mass is 358 g/mol. The zero-order chi connectivity index (χ0) is 17.6. The summed E-state index contributed by atoms with van der Waals surface area (Å²) in [4.78, 5) is 26.1. The van der Waals surface area contributed by atoms with Crippen LogP contribution in [0.3, 0.4) is 0 Å². The lowest BCUT2D eigenvalue weighted by Crippen LogP contribution is -2.38. The highest BCUT2D eigenvalue weighted by Crippen LogP contribution is 2.31. The lowest BCUT2D eigenvalue weighted by Gasteiger charge is -2.29. The highest BCUT2D eigenvalue weighted by atomic mass is 35.5. The fraction of sp³-hybridized carbons (Fsp3) is 0.263. The van der Waals surface area contributed by atoms with E-state index in [9.17, 15) is 9.59 Å². The second-order valence-electron chi connectivity index (χ2n) is 5.76. The Balaban J connectivity index is 1.49. The summed E-state index contributed by atoms with van der Waals surface area (Å²) >= 11 is 5.83. The van der Waals surface area contributed by atoms with Gasteiger partial charge in [-0.1, -0.05) is 35.9 Å². The third-order valence-corrected chi connectivity index (χ3v) is 4.25. The first-order valence-corrected chi connectivity index (χ1v) is 8.54. The van der Waals surface area contributed by atoms with Crippen molar-refractivity contribution >= 4 is 29.1 Å². The molecule has 25 heavy (non-hydrogen) atoms. The van der Waals surface area contributed by atoms with Gasteiger partial charge >= 0.3 is 0 Å². The molecule has 0 saturated carbocycles. The Labute approximate surface area is 151 Å². The molecule has 0 saturated heterocycles. The number of fused-ring (bicyclic) bond motifs is 1. The highest BCUT2D eigenvalue weighted by molar-refractivity contribution is 6.30. The summed E-state index contributed by atoms with van der Waals surface area (Å²) < 4.78 is 5.54. The van der Waals surface area contributed by atoms with E-state index in [1.54, 1.807) is 17.0 Å². The number of hydrogen-bond donors (Lipinski definition) is 1. The summed E-state index contributed by atoms with van der Waals surface area (Å²) in [7, 11) is 0. The Hall–Kier alpha value is -2.53. The molecular weight excluding hydrogens is 340 g/mol. The van der Waals surface area contributed by atoms with Crippen LogP contribution in [0, 0.1) is 0 Å². The van der Waals surface area contributed by atoms with Crippen LogP contribution < -0.4 is 15.0 Å². The van der Waals surface area contributed by atoms with Crippen LogP contribution in [0.15, 0.2) is 48.5 Å². The molecule has 0 aliphatic carbocycles. The van der Waals surface area contributed by atoms with Gasteiger partial charge in [-0.05, 0) is 29.8 Å². The molecule has 3 rings (SSSR count). The van der Waals surface area contributed by atoms with E-state index in [1.165, 1.54) is 0 Å². The van der Waals surface area contributed by atoms with Gasteiger partial charge in [0, 0.05) is 24.4 Å². The molecule has 0 fully saturated rings. The molecule has 0 bridgehead atoms. The minimum atomic E-state index is -0.148. The Bertz CT molecular complexity index is 762. The largest absolute Gasteiger partial charge is 0.490 e. The first kappa shape index (κ1) is 17.3. The van der Waals surface area contributed by atoms with Crippen LogP contribution in [0.25, 0.3) is 0 Å². The van der Waals surface area contributed by atoms with Gasteiger partial charge in [-0.25, -0.2) is 0 Å². The smallest absolute Gasteiger partial charge is 0.227 e. The van der Waals surface area contributed by atoms with Crippen molar-refractivity contribution in [1.29, 1.82) is 0 Å². The van der Waals surface area contributed by atoms with Crippen molar-refractivity contribution in [3.8, 4) is 5.75 Å². The molecule has 0 unspecified atom stereocenters. The van der Waals surface area contributed by atoms with Crippen molar-refractivity contribution in [2.75, 3.05) is 18.1 Å². The number of carbonyl (C=O) groups excluding carboxylic acids is 2. The van der Waals surface area contributed by atoms with Crippen LogP contribution in [0.2, 0.25) is 5.02 Å². The molecule has 1 heterocycles. The summed E-state index contributed by atoms with van der Waals surface area (Å²) in [5.41, 5.74) is 1.73. The fourth-order valence-corrected chi connectivity index (χ4v) is 2.80. The summed E-state index contributed by atoms with van der Waals surface area (Å²) in [6.45, 7) is 1.39. The molecule has 0 atom stereocenters. The van der Waals surface area contributed by atoms with Gasteiger partial charge in [0.25, 0.3) is 0 Å². The van der Waals surface area contributed by atoms with E-state index in [1.807, 2.05) is 36.4 Å². The van der Waals surface area contributed by atoms with Gasteiger partial charge in [0.15, 0.2) is 0 Å². The molecule has 1 N–H and O–H groups in total. The normalized spacial score (nSPS) is 12.9. The summed E-state index contributed by atoms with van der Waals surface area (Å²) in [6.07, 6.45) is 0.326. The lowest BCUT2D eigenvalue weighted by atomic mass is 10.2. The Morgan fingerprint density at radius 2 is 1.84 bits per heavy atom. The summed E-state index contributed by atoms with van der Waals surface area (Å²) in [5.74, 6) is 0.483. The Morgan fingerprint density at radius 3 is 2.64 bits per heavy atom. The third kappa shape index (κ3) is 4.51. The molecule has 6 heteroatoms. The Morgan fingerprint density at radius 1 is 1.08 bits per heavy atom. The fourth-order valence-electron chi connectivity index (χ4n) is 2.68. The van der Waals surface area contributed by atoms with E-state index in [0.29, 0.717) is 30.5 Å². The molecule has 0 aromatic heterocycles. The number of ether oxygens (including phenoxy) is 1. The van der Waals surface area contributed by atoms with Crippen molar-refractivity contribution in [2.45, 2.75) is 19.4 Å². The topological polar surface area (TPSA) is 58.6 Å². The van der Waals surface area contributed by atoms with Gasteiger partial charge < -0.3 is 15.0 Å². The van der Waals surface area contributed by atoms with Crippen LogP contribution in [0.4, 0.5) is 5.69 Å². The summed E-state index contributed by atoms with van der Waals surface area (Å²) in [6, 6.07) is 14.7. The second-order valence-corrected chi connectivity index (χ2v) is 6.20. The predicted octanol–water partition coefficient (Wildman–Crippen LogP) is 3.16. The lowest BCUT2D eigenvalue weighted by molar-refractivity contribution is -0.125. The molecule has 2 amide bonds. The standard InChI is InChI=1S/C19H19ClN2O3/c20-15-7-5-14(6-8-15)13-21-18(23)9-10-19(24)22-11-12-25-17-4-2-1-3-16(17)22/h1-8H,9-13H2,(H,21,23). The van der Waals surface area contributed by atoms with Crippen LogP contribution >= 0.6 is 11.6 Å². The SMILES string of the molecule is O=C(CCC(=O)N1CCOc2ccccc21)NCc1ccc(Cl)cc1. The van der Waals surface area contributed by atoms with Crippen molar-refractivity contribution in [3.63, 3.8) is 0 Å². The van der Waals surface area contributed by atoms with Gasteiger partial charge in [0.1, 0.15) is 12.4 Å². The molecule has 2 aromatic carbocycles. The number of benzene rings is 2. The number of halogens is 1. The van der Waals surface area contributed by atoms with Gasteiger partial charge in [0.2, 0.25) is 11.8 Å². The van der Waals surface area contributed by atoms with Crippen molar-refractivity contribution < 1.29 is 14.3 Å². The average molecular weight is 359 g/mol. The average Bonchev–Trinajstić information content (AvgIpc) is 2.65. The van der Waals surface area contributed by atoms with E-state index in [-0.39, 0.29) is 24.7 Å². The Kier molecular flexibility index (Phi) is 5.56. The van der Waals surface area contributed by atoms with E-state index >= 15 is 0 Å². The van der Waals surface area contributed by atoms with Gasteiger partial charge in [-0.15, -0.1) is 0 Å². The maximum Gasteiger partial charge on any atom is 0.227 e. The first-order valence-electron chi connectivity index (χ1n) is 8.17. The minimum absolute atomic E-state index is 0.0719. The minimum Gasteiger partial charge on any atom is -0.490 e. The number of anilines is 1. The molecule has 1 aliphatic rings. The number of carbonyl (C=O) groups is 2. The molecule has 5 nitrogen and oxygen atoms in total. The molecule has 1 aliphatic heterocycles. The summed E-state index contributed by atoms with van der Waals surface area (Å²) in [5, 5.41) is 3.48. The molecule has 0 radical (unpaired) electrons. The molecule has 130 valence electrons. The van der Waals surface area contributed by atoms with Crippen molar-refractivity contribution in [3.05, 3.63) is 59.1 Å². The number of rotatable bonds is 5. The number of nitrogens with one attached hydrogen (secondary N) is 1. The van der Waals surface area contributed by atoms with E-state index in [2.05, 4.69) is 5.32 Å². The predicted molar refractivity (Wildman–Crippen MR) is 96.8 cm³/mol. The zero-order valence-electron chi connectivity index (χ0n) is 13.7. The van der Waals surface area contributed by atoms with Crippen molar-refractivity contribution in [1.82, 2.24) is 5.32 Å². The molecule has 0 spiro atoms. The quantitative estimate of drug-likeness (QED) is 0.893. The zero-order valence-corrected chi connectivity index (χ0v) is 14.5. The van der Waals surface area contributed by atoms with Crippen LogP contribution in [-0.2, 0) is 16.1 Å². The van der Waals surface area contributed by atoms with Gasteiger partial charge in [-0.2, -0.15) is 0 Å². The number of nitrogens with zero attached hydrogens (tertiary/aromatic N) is 1. The van der Waals surface area contributed by atoms with Gasteiger partial charge in [0.05, 0.1) is 12.2 Å². The van der Waals surface area contributed by atoms with E-state index in [0.717, 1.165) is 11.3 Å². The van der Waals surface area contributed by atoms with Crippen LogP contribution in [0.5, 0.6) is 5.75 Å². The number of hydrogen-bond acceptors (Lipinski definition) is 3. The van der Waals surface area contributed by atoms with E-state index < -0.39 is 0 Å². The molecule has 2 aromatic rings.